The van der Waals surface area contributed by atoms with Crippen molar-refractivity contribution >= 4 is 45.0 Å². The average Bonchev–Trinajstić information content (AvgIpc) is 3.14. The molecule has 0 spiro atoms. The van der Waals surface area contributed by atoms with Gasteiger partial charge in [0.25, 0.3) is 5.91 Å². The number of piperidine rings is 1. The van der Waals surface area contributed by atoms with Crippen molar-refractivity contribution in [2.75, 3.05) is 13.1 Å². The number of aromatic nitrogens is 2. The van der Waals surface area contributed by atoms with Gasteiger partial charge in [-0.05, 0) is 61.6 Å². The molecule has 1 aliphatic carbocycles. The summed E-state index contributed by atoms with van der Waals surface area (Å²) < 4.78 is 2.83. The summed E-state index contributed by atoms with van der Waals surface area (Å²) in [4.78, 5) is 13.2. The fraction of sp³-hybridized carbons (Fsp3) is 0.304. The lowest BCUT2D eigenvalue weighted by molar-refractivity contribution is 0.0743. The van der Waals surface area contributed by atoms with Crippen molar-refractivity contribution in [3.05, 3.63) is 67.7 Å². The molecule has 0 unspecified atom stereocenters. The van der Waals surface area contributed by atoms with Crippen molar-refractivity contribution in [3.63, 3.8) is 0 Å². The van der Waals surface area contributed by atoms with Gasteiger partial charge in [-0.15, -0.1) is 0 Å². The third kappa shape index (κ3) is 4.02. The van der Waals surface area contributed by atoms with Crippen LogP contribution in [0.5, 0.6) is 0 Å². The van der Waals surface area contributed by atoms with Gasteiger partial charge in [-0.3, -0.25) is 10.2 Å². The molecule has 2 aliphatic rings. The van der Waals surface area contributed by atoms with Crippen molar-refractivity contribution in [3.8, 4) is 16.9 Å². The van der Waals surface area contributed by atoms with E-state index in [2.05, 4.69) is 33.5 Å². The quantitative estimate of drug-likeness (QED) is 0.473. The molecule has 1 aromatic heterocycles. The molecule has 5 rings (SSSR count). The van der Waals surface area contributed by atoms with Crippen LogP contribution in [0.1, 0.15) is 40.9 Å². The molecule has 1 amide bonds. The van der Waals surface area contributed by atoms with Gasteiger partial charge >= 0.3 is 0 Å². The predicted molar refractivity (Wildman–Crippen MR) is 127 cm³/mol. The van der Waals surface area contributed by atoms with E-state index in [-0.39, 0.29) is 5.91 Å². The summed E-state index contributed by atoms with van der Waals surface area (Å²) in [6, 6.07) is 11.6. The molecule has 0 bridgehead atoms. The van der Waals surface area contributed by atoms with Crippen molar-refractivity contribution in [2.24, 2.45) is 0 Å². The topological polar surface area (TPSA) is 50.2 Å². The first-order valence-corrected chi connectivity index (χ1v) is 12.0. The minimum absolute atomic E-state index is 0.164. The van der Waals surface area contributed by atoms with Gasteiger partial charge in [-0.2, -0.15) is 5.10 Å². The molecule has 2 heterocycles. The Bertz CT molecular complexity index is 1170. The number of nitrogens with zero attached hydrogens (tertiary/aromatic N) is 3. The number of halogens is 3. The lowest BCUT2D eigenvalue weighted by Crippen LogP contribution is -2.45. The van der Waals surface area contributed by atoms with Crippen LogP contribution in [0, 0.1) is 0 Å². The highest BCUT2D eigenvalue weighted by Crippen LogP contribution is 2.39. The molecule has 0 saturated carbocycles. The summed E-state index contributed by atoms with van der Waals surface area (Å²) in [5.74, 6) is -0.164. The summed E-state index contributed by atoms with van der Waals surface area (Å²) in [5.41, 5.74) is 8.39. The number of aryl methyl sites for hydroxylation is 1. The Balaban J connectivity index is 1.64. The number of nitrogens with one attached hydrogen (secondary N) is 1. The summed E-state index contributed by atoms with van der Waals surface area (Å²) in [7, 11) is 0. The molecular formula is C23H21BrCl2N4O. The van der Waals surface area contributed by atoms with Gasteiger partial charge in [0, 0.05) is 33.7 Å². The standard InChI is InChI=1S/C23H21BrCl2N4O/c24-15-5-8-17-14(12-15)4-7-18-21(23(31)28-29-10-2-1-3-11-29)27-30(22(17)18)20-9-6-16(25)13-19(20)26/h5-6,8-9,12-13H,1-4,7,10-11H2,(H,28,31). The van der Waals surface area contributed by atoms with Crippen LogP contribution in [-0.4, -0.2) is 33.8 Å². The second-order valence-corrected chi connectivity index (χ2v) is 9.73. The van der Waals surface area contributed by atoms with Crippen molar-refractivity contribution in [1.29, 1.82) is 0 Å². The van der Waals surface area contributed by atoms with Crippen LogP contribution in [0.15, 0.2) is 40.9 Å². The van der Waals surface area contributed by atoms with Gasteiger partial charge in [0.1, 0.15) is 0 Å². The summed E-state index contributed by atoms with van der Waals surface area (Å²) >= 11 is 16.2. The normalized spacial score (nSPS) is 16.0. The Labute approximate surface area is 199 Å². The lowest BCUT2D eigenvalue weighted by atomic mass is 9.88. The van der Waals surface area contributed by atoms with E-state index in [9.17, 15) is 4.79 Å². The van der Waals surface area contributed by atoms with Crippen molar-refractivity contribution < 1.29 is 4.79 Å². The number of rotatable bonds is 3. The van der Waals surface area contributed by atoms with Gasteiger partial charge in [-0.25, -0.2) is 9.69 Å². The maximum absolute atomic E-state index is 13.2. The molecule has 0 radical (unpaired) electrons. The highest BCUT2D eigenvalue weighted by Gasteiger charge is 2.30. The fourth-order valence-corrected chi connectivity index (χ4v) is 5.33. The van der Waals surface area contributed by atoms with E-state index >= 15 is 0 Å². The van der Waals surface area contributed by atoms with Gasteiger partial charge in [0.05, 0.1) is 16.4 Å². The van der Waals surface area contributed by atoms with Crippen LogP contribution in [0.4, 0.5) is 0 Å². The maximum Gasteiger partial charge on any atom is 0.286 e. The third-order valence-corrected chi connectivity index (χ3v) is 6.95. The van der Waals surface area contributed by atoms with Crippen LogP contribution in [-0.2, 0) is 12.8 Å². The molecule has 0 atom stereocenters. The molecule has 31 heavy (non-hydrogen) atoms. The smallest absolute Gasteiger partial charge is 0.283 e. The number of carbonyl (C=O) groups excluding carboxylic acids is 1. The summed E-state index contributed by atoms with van der Waals surface area (Å²) in [6.45, 7) is 1.74. The van der Waals surface area contributed by atoms with Crippen LogP contribution < -0.4 is 5.43 Å². The number of fused-ring (bicyclic) bond motifs is 3. The Morgan fingerprint density at radius 3 is 2.61 bits per heavy atom. The monoisotopic (exact) mass is 518 g/mol. The zero-order valence-corrected chi connectivity index (χ0v) is 19.9. The minimum atomic E-state index is -0.164. The molecule has 160 valence electrons. The first kappa shape index (κ1) is 21.0. The third-order valence-electron chi connectivity index (χ3n) is 5.92. The predicted octanol–water partition coefficient (Wildman–Crippen LogP) is 5.84. The molecule has 8 heteroatoms. The van der Waals surface area contributed by atoms with Crippen LogP contribution in [0.3, 0.4) is 0 Å². The van der Waals surface area contributed by atoms with Crippen LogP contribution in [0.25, 0.3) is 16.9 Å². The van der Waals surface area contributed by atoms with Crippen LogP contribution >= 0.6 is 39.1 Å². The fourth-order valence-electron chi connectivity index (χ4n) is 4.44. The minimum Gasteiger partial charge on any atom is -0.283 e. The van der Waals surface area contributed by atoms with Gasteiger partial charge in [0.15, 0.2) is 5.69 Å². The van der Waals surface area contributed by atoms with E-state index < -0.39 is 0 Å². The Morgan fingerprint density at radius 2 is 1.84 bits per heavy atom. The second kappa shape index (κ2) is 8.58. The molecule has 1 fully saturated rings. The van der Waals surface area contributed by atoms with Crippen molar-refractivity contribution in [1.82, 2.24) is 20.2 Å². The first-order chi connectivity index (χ1) is 15.0. The van der Waals surface area contributed by atoms with E-state index in [1.807, 2.05) is 17.1 Å². The molecular weight excluding hydrogens is 499 g/mol. The van der Waals surface area contributed by atoms with Crippen molar-refractivity contribution in [2.45, 2.75) is 32.1 Å². The van der Waals surface area contributed by atoms with Crippen LogP contribution in [0.2, 0.25) is 10.0 Å². The molecule has 2 aromatic carbocycles. The molecule has 1 aliphatic heterocycles. The number of hydrazine groups is 1. The largest absolute Gasteiger partial charge is 0.286 e. The van der Waals surface area contributed by atoms with E-state index in [1.54, 1.807) is 16.8 Å². The highest BCUT2D eigenvalue weighted by molar-refractivity contribution is 9.10. The molecule has 1 saturated heterocycles. The highest BCUT2D eigenvalue weighted by atomic mass is 79.9. The van der Waals surface area contributed by atoms with E-state index in [4.69, 9.17) is 28.3 Å². The SMILES string of the molecule is O=C(NN1CCCCC1)c1nn(-c2ccc(Cl)cc2Cl)c2c1CCc1cc(Br)ccc1-2. The Morgan fingerprint density at radius 1 is 1.03 bits per heavy atom. The second-order valence-electron chi connectivity index (χ2n) is 7.97. The Hall–Kier alpha value is -1.86. The molecule has 5 nitrogen and oxygen atoms in total. The number of benzene rings is 2. The average molecular weight is 520 g/mol. The number of hydrogen-bond acceptors (Lipinski definition) is 3. The maximum atomic E-state index is 13.2. The zero-order chi connectivity index (χ0) is 21.5. The van der Waals surface area contributed by atoms with Gasteiger partial charge in [-0.1, -0.05) is 51.6 Å². The van der Waals surface area contributed by atoms with Gasteiger partial charge in [0.2, 0.25) is 0 Å². The van der Waals surface area contributed by atoms with Gasteiger partial charge < -0.3 is 0 Å². The van der Waals surface area contributed by atoms with E-state index in [0.29, 0.717) is 21.4 Å². The molecule has 1 N–H and O–H groups in total. The first-order valence-electron chi connectivity index (χ1n) is 10.4. The summed E-state index contributed by atoms with van der Waals surface area (Å²) in [6.07, 6.45) is 4.99. The number of carbonyl (C=O) groups is 1. The number of hydrogen-bond donors (Lipinski definition) is 1. The zero-order valence-electron chi connectivity index (χ0n) is 16.8. The Kier molecular flexibility index (Phi) is 5.82. The summed E-state index contributed by atoms with van der Waals surface area (Å²) in [5, 5.41) is 7.83. The molecule has 3 aromatic rings. The number of amides is 1. The lowest BCUT2D eigenvalue weighted by Gasteiger charge is -2.26. The van der Waals surface area contributed by atoms with E-state index in [0.717, 1.165) is 60.1 Å². The van der Waals surface area contributed by atoms with E-state index in [1.165, 1.54) is 12.0 Å².